The van der Waals surface area contributed by atoms with Crippen molar-refractivity contribution in [2.45, 2.75) is 163 Å². The molecule has 6 aliphatic rings. The zero-order chi connectivity index (χ0) is 71.6. The van der Waals surface area contributed by atoms with Gasteiger partial charge in [0.05, 0.1) is 108 Å². The minimum atomic E-state index is -0.565. The van der Waals surface area contributed by atoms with Crippen LogP contribution < -0.4 is 31.2 Å². The number of morpholine rings is 3. The molecule has 6 aliphatic heterocycles. The summed E-state index contributed by atoms with van der Waals surface area (Å²) >= 11 is 0. The molecule has 28 nitrogen and oxygen atoms in total. The third-order valence-electron chi connectivity index (χ3n) is 17.5. The molecule has 0 aliphatic carbocycles. The monoisotopic (exact) mass is 1400 g/mol. The van der Waals surface area contributed by atoms with Gasteiger partial charge in [0.25, 0.3) is 0 Å². The third kappa shape index (κ3) is 20.0. The van der Waals surface area contributed by atoms with Crippen molar-refractivity contribution in [1.29, 1.82) is 0 Å². The number of nitrogen functional groups attached to an aromatic ring is 1. The van der Waals surface area contributed by atoms with E-state index in [-0.39, 0.29) is 67.4 Å². The number of amides is 4. The average Bonchev–Trinajstić information content (AvgIpc) is 0.782. The van der Waals surface area contributed by atoms with Crippen LogP contribution in [0.15, 0.2) is 72.8 Å². The molecule has 12 rings (SSSR count). The van der Waals surface area contributed by atoms with E-state index < -0.39 is 16.8 Å². The van der Waals surface area contributed by atoms with Gasteiger partial charge in [0.2, 0.25) is 5.91 Å². The van der Waals surface area contributed by atoms with E-state index in [4.69, 9.17) is 69.2 Å². The average molecular weight is 1400 g/mol. The van der Waals surface area contributed by atoms with E-state index >= 15 is 0 Å². The van der Waals surface area contributed by atoms with Crippen LogP contribution in [0.2, 0.25) is 0 Å². The van der Waals surface area contributed by atoms with Crippen molar-refractivity contribution in [3.05, 3.63) is 117 Å². The summed E-state index contributed by atoms with van der Waals surface area (Å²) in [4.78, 5) is 91.7. The molecule has 3 atom stereocenters. The molecule has 0 bridgehead atoms. The van der Waals surface area contributed by atoms with Crippen LogP contribution in [0.25, 0.3) is 34.2 Å². The van der Waals surface area contributed by atoms with E-state index in [2.05, 4.69) is 40.8 Å². The zero-order valence-electron chi connectivity index (χ0n) is 60.5. The number of aliphatic hydroxyl groups excluding tert-OH is 1. The van der Waals surface area contributed by atoms with Crippen molar-refractivity contribution in [3.63, 3.8) is 0 Å². The summed E-state index contributed by atoms with van der Waals surface area (Å²) in [5, 5.41) is 22.6. The Labute approximate surface area is 591 Å². The highest BCUT2D eigenvalue weighted by Gasteiger charge is 2.37. The second-order valence-corrected chi connectivity index (χ2v) is 29.0. The lowest BCUT2D eigenvalue weighted by molar-refractivity contribution is -0.497. The SMILES string of the molecule is C[C@H]1COCCN1c1nc(-c2ccc(CC(=O)NCCO)cc2)nc2c1CN(C(=O)OC(C)(C)C)CC2.C[C@H]1COCCN1c1nc(-c2ccc(N)cc2)nc2c1CN(C(=O)OC(C)(C)C)CC2.C[C@H]1COCCN1c1nc(-c2ccc([NH2+][O-])cc2)nc2c1CN(C(=O)OC(C)(C)C)CC2.O. The maximum absolute atomic E-state index is 12.8. The smallest absolute Gasteiger partial charge is 0.410 e. The fraction of sp³-hybridized carbons (Fsp3) is 0.534. The lowest BCUT2D eigenvalue weighted by atomic mass is 10.0. The fourth-order valence-electron chi connectivity index (χ4n) is 12.4. The normalized spacial score (nSPS) is 18.4. The van der Waals surface area contributed by atoms with Crippen LogP contribution >= 0.6 is 0 Å². The minimum Gasteiger partial charge on any atom is -0.630 e. The number of nitrogens with one attached hydrogen (secondary N) is 1. The number of anilines is 4. The van der Waals surface area contributed by atoms with Gasteiger partial charge in [-0.25, -0.2) is 44.3 Å². The third-order valence-corrected chi connectivity index (χ3v) is 17.5. The molecule has 0 unspecified atom stereocenters. The largest absolute Gasteiger partial charge is 0.630 e. The molecule has 8 N–H and O–H groups in total. The molecule has 3 saturated heterocycles. The van der Waals surface area contributed by atoms with Crippen molar-refractivity contribution in [1.82, 2.24) is 49.9 Å². The highest BCUT2D eigenvalue weighted by atomic mass is 16.6. The lowest BCUT2D eigenvalue weighted by Crippen LogP contribution is -2.70. The Kier molecular flexibility index (Phi) is 25.1. The molecular formula is C73H101N15O13. The first kappa shape index (κ1) is 76.3. The fourth-order valence-corrected chi connectivity index (χ4v) is 12.4. The van der Waals surface area contributed by atoms with Crippen LogP contribution in [0.1, 0.15) is 122 Å². The Balaban J connectivity index is 0.000000176. The number of ether oxygens (including phenoxy) is 6. The van der Waals surface area contributed by atoms with Gasteiger partial charge in [-0.3, -0.25) is 4.79 Å². The van der Waals surface area contributed by atoms with E-state index in [9.17, 15) is 24.4 Å². The summed E-state index contributed by atoms with van der Waals surface area (Å²) in [5.74, 6) is 4.34. The molecular weight excluding hydrogens is 1290 g/mol. The molecule has 28 heteroatoms. The Morgan fingerprint density at radius 3 is 1.16 bits per heavy atom. The Hall–Kier alpha value is -8.90. The number of nitrogens with two attached hydrogens (primary N) is 2. The molecule has 4 amide bonds. The van der Waals surface area contributed by atoms with Crippen molar-refractivity contribution < 1.29 is 63.7 Å². The van der Waals surface area contributed by atoms with E-state index in [1.807, 2.05) is 123 Å². The second kappa shape index (κ2) is 33.3. The number of quaternary nitrogens is 1. The number of carbonyl (C=O) groups is 4. The van der Waals surface area contributed by atoms with Gasteiger partial charge in [-0.1, -0.05) is 24.3 Å². The first-order chi connectivity index (χ1) is 47.6. The highest BCUT2D eigenvalue weighted by Crippen LogP contribution is 2.37. The van der Waals surface area contributed by atoms with Gasteiger partial charge in [-0.05, 0) is 137 Å². The molecule has 0 radical (unpaired) electrons. The standard InChI is InChI=1S/C27H37N5O5.C23H31N5O4.C23H31N5O3.H2O/c1-18-17-36-14-12-32(18)25-21-16-31(26(35)37-27(2,3)4)11-9-22(21)29-24(30-25)20-7-5-19(6-8-20)15-23(34)28-10-13-33;1-15-14-31-12-11-28(15)21-18-13-27(22(29)32-23(2,3)4)10-9-19(18)24-20(25-21)16-5-7-17(26-30)8-6-16;1-15-14-30-12-11-28(15)21-18-13-27(22(29)31-23(2,3)4)10-9-19(18)25-20(26-21)16-5-7-17(24)8-6-16;/h5-8,18,33H,9-17H2,1-4H3,(H,28,34);5-8,15H,9-14,26H2,1-4H3;5-8,15H,9-14,24H2,1-4H3;1H2/t18-;2*15-;/m000./s1. The number of carbonyl (C=O) groups excluding carboxylic acids is 4. The van der Waals surface area contributed by atoms with Crippen LogP contribution in [0.5, 0.6) is 0 Å². The summed E-state index contributed by atoms with van der Waals surface area (Å²) in [6.45, 7) is 32.2. The molecule has 6 aromatic rings. The summed E-state index contributed by atoms with van der Waals surface area (Å²) in [5.41, 5.74) is 15.6. The first-order valence-corrected chi connectivity index (χ1v) is 34.7. The number of hydrogen-bond acceptors (Lipinski definition) is 22. The van der Waals surface area contributed by atoms with E-state index in [0.717, 1.165) is 92.0 Å². The van der Waals surface area contributed by atoms with Gasteiger partial charge in [0.1, 0.15) is 39.9 Å². The summed E-state index contributed by atoms with van der Waals surface area (Å²) in [6, 6.07) is 23.0. The topological polar surface area (TPSA) is 350 Å². The lowest BCUT2D eigenvalue weighted by Gasteiger charge is -2.38. The second-order valence-electron chi connectivity index (χ2n) is 29.0. The first-order valence-electron chi connectivity index (χ1n) is 34.7. The Morgan fingerprint density at radius 1 is 0.525 bits per heavy atom. The molecule has 0 saturated carbocycles. The minimum absolute atomic E-state index is 0. The van der Waals surface area contributed by atoms with Gasteiger partial charge in [-0.15, -0.1) is 0 Å². The molecule has 3 fully saturated rings. The zero-order valence-corrected chi connectivity index (χ0v) is 60.5. The van der Waals surface area contributed by atoms with Crippen molar-refractivity contribution >= 4 is 53.0 Å². The van der Waals surface area contributed by atoms with E-state index in [1.165, 1.54) is 0 Å². The van der Waals surface area contributed by atoms with Crippen molar-refractivity contribution in [2.24, 2.45) is 0 Å². The van der Waals surface area contributed by atoms with E-state index in [1.54, 1.807) is 26.8 Å². The molecule has 101 heavy (non-hydrogen) atoms. The number of benzene rings is 3. The quantitative estimate of drug-likeness (QED) is 0.0571. The maximum atomic E-state index is 12.8. The molecule has 3 aromatic carbocycles. The molecule has 546 valence electrons. The van der Waals surface area contributed by atoms with Gasteiger partial charge in [0, 0.05) is 104 Å². The number of nitrogens with zero attached hydrogens (tertiary/aromatic N) is 12. The van der Waals surface area contributed by atoms with Gasteiger partial charge < -0.3 is 90.1 Å². The van der Waals surface area contributed by atoms with Crippen LogP contribution in [-0.4, -0.2) is 206 Å². The Morgan fingerprint density at radius 2 is 0.851 bits per heavy atom. The number of hydrogen-bond donors (Lipinski definition) is 4. The molecule has 0 spiro atoms. The summed E-state index contributed by atoms with van der Waals surface area (Å²) in [7, 11) is 0. The summed E-state index contributed by atoms with van der Waals surface area (Å²) < 4.78 is 33.8. The predicted molar refractivity (Wildman–Crippen MR) is 383 cm³/mol. The Bertz CT molecular complexity index is 3830. The van der Waals surface area contributed by atoms with Gasteiger partial charge in [0.15, 0.2) is 17.5 Å². The van der Waals surface area contributed by atoms with Crippen molar-refractivity contribution in [3.8, 4) is 34.2 Å². The van der Waals surface area contributed by atoms with Crippen LogP contribution in [0.3, 0.4) is 0 Å². The molecule has 3 aromatic heterocycles. The maximum Gasteiger partial charge on any atom is 0.410 e. The number of fused-ring (bicyclic) bond motifs is 3. The number of rotatable bonds is 11. The van der Waals surface area contributed by atoms with E-state index in [0.29, 0.717) is 134 Å². The highest BCUT2D eigenvalue weighted by molar-refractivity contribution is 5.79. The number of aliphatic hydroxyl groups is 1. The van der Waals surface area contributed by atoms with Gasteiger partial charge >= 0.3 is 18.3 Å². The van der Waals surface area contributed by atoms with Gasteiger partial charge in [-0.2, -0.15) is 0 Å². The molecule has 9 heterocycles. The number of aromatic nitrogens is 6. The summed E-state index contributed by atoms with van der Waals surface area (Å²) in [6.07, 6.45) is 1.18. The van der Waals surface area contributed by atoms with Crippen LogP contribution in [0, 0.1) is 5.21 Å². The van der Waals surface area contributed by atoms with Crippen LogP contribution in [-0.2, 0) is 78.5 Å². The predicted octanol–water partition coefficient (Wildman–Crippen LogP) is 7.09. The van der Waals surface area contributed by atoms with Crippen LogP contribution in [0.4, 0.5) is 43.2 Å². The van der Waals surface area contributed by atoms with Crippen molar-refractivity contribution in [2.75, 3.05) is 112 Å².